The molecule has 3 nitrogen and oxygen atoms in total. The van der Waals surface area contributed by atoms with Crippen molar-refractivity contribution >= 4 is 5.97 Å². The van der Waals surface area contributed by atoms with Crippen molar-refractivity contribution in [2.75, 3.05) is 6.61 Å². The van der Waals surface area contributed by atoms with Gasteiger partial charge in [0, 0.05) is 18.1 Å². The molecule has 0 aliphatic rings. The molecule has 0 amide bonds. The molecule has 0 bridgehead atoms. The van der Waals surface area contributed by atoms with Gasteiger partial charge in [0.25, 0.3) is 0 Å². The number of nitrogens with zero attached hydrogens (tertiary/aromatic N) is 1. The Morgan fingerprint density at radius 1 is 1.22 bits per heavy atom. The molecule has 0 spiro atoms. The topological polar surface area (TPSA) is 31.2 Å². The maximum Gasteiger partial charge on any atom is 0.338 e. The van der Waals surface area contributed by atoms with Crippen molar-refractivity contribution in [3.05, 3.63) is 54.4 Å². The van der Waals surface area contributed by atoms with Crippen LogP contribution in [0.5, 0.6) is 0 Å². The van der Waals surface area contributed by atoms with Gasteiger partial charge in [0.15, 0.2) is 0 Å². The third-order valence-electron chi connectivity index (χ3n) is 2.72. The number of unbranched alkanes of at least 4 members (excludes halogenated alkanes) is 1. The Morgan fingerprint density at radius 2 is 2.00 bits per heavy atom. The van der Waals surface area contributed by atoms with Crippen molar-refractivity contribution < 1.29 is 9.53 Å². The third-order valence-corrected chi connectivity index (χ3v) is 2.72. The van der Waals surface area contributed by atoms with Crippen molar-refractivity contribution in [1.29, 1.82) is 0 Å². The van der Waals surface area contributed by atoms with Gasteiger partial charge in [-0.3, -0.25) is 0 Å². The van der Waals surface area contributed by atoms with Gasteiger partial charge in [0.05, 0.1) is 12.2 Å². The first-order valence-corrected chi connectivity index (χ1v) is 6.22. The van der Waals surface area contributed by atoms with Crippen LogP contribution in [0.15, 0.2) is 48.8 Å². The maximum absolute atomic E-state index is 11.8. The molecule has 94 valence electrons. The van der Waals surface area contributed by atoms with E-state index >= 15 is 0 Å². The van der Waals surface area contributed by atoms with Crippen LogP contribution >= 0.6 is 0 Å². The lowest BCUT2D eigenvalue weighted by molar-refractivity contribution is 0.0499. The Balaban J connectivity index is 2.10. The van der Waals surface area contributed by atoms with Crippen LogP contribution in [0.4, 0.5) is 0 Å². The summed E-state index contributed by atoms with van der Waals surface area (Å²) in [5.41, 5.74) is 1.56. The summed E-state index contributed by atoms with van der Waals surface area (Å²) >= 11 is 0. The summed E-state index contributed by atoms with van der Waals surface area (Å²) in [7, 11) is 0. The quantitative estimate of drug-likeness (QED) is 0.595. The first kappa shape index (κ1) is 12.4. The van der Waals surface area contributed by atoms with E-state index in [9.17, 15) is 4.79 Å². The molecule has 1 aromatic carbocycles. The zero-order valence-electron chi connectivity index (χ0n) is 10.5. The first-order valence-electron chi connectivity index (χ1n) is 6.22. The van der Waals surface area contributed by atoms with Crippen LogP contribution in [-0.2, 0) is 4.74 Å². The highest BCUT2D eigenvalue weighted by Crippen LogP contribution is 2.12. The summed E-state index contributed by atoms with van der Waals surface area (Å²) in [6.45, 7) is 2.56. The van der Waals surface area contributed by atoms with E-state index < -0.39 is 0 Å². The van der Waals surface area contributed by atoms with Gasteiger partial charge < -0.3 is 9.30 Å². The van der Waals surface area contributed by atoms with Gasteiger partial charge >= 0.3 is 5.97 Å². The molecule has 2 aromatic rings. The number of aromatic nitrogens is 1. The Bertz CT molecular complexity index is 503. The van der Waals surface area contributed by atoms with Crippen molar-refractivity contribution in [3.63, 3.8) is 0 Å². The highest BCUT2D eigenvalue weighted by atomic mass is 16.5. The van der Waals surface area contributed by atoms with E-state index in [0.29, 0.717) is 12.2 Å². The Kier molecular flexibility index (Phi) is 4.18. The number of esters is 1. The van der Waals surface area contributed by atoms with Crippen molar-refractivity contribution in [1.82, 2.24) is 4.57 Å². The van der Waals surface area contributed by atoms with E-state index in [1.165, 1.54) is 0 Å². The molecule has 18 heavy (non-hydrogen) atoms. The molecule has 0 fully saturated rings. The predicted octanol–water partition coefficient (Wildman–Crippen LogP) is 3.43. The van der Waals surface area contributed by atoms with E-state index in [2.05, 4.69) is 6.92 Å². The highest BCUT2D eigenvalue weighted by molar-refractivity contribution is 5.90. The van der Waals surface area contributed by atoms with Crippen molar-refractivity contribution in [2.24, 2.45) is 0 Å². The minimum Gasteiger partial charge on any atom is -0.462 e. The van der Waals surface area contributed by atoms with Gasteiger partial charge in [0.2, 0.25) is 0 Å². The number of ether oxygens (including phenoxy) is 1. The Hall–Kier alpha value is -2.03. The average molecular weight is 243 g/mol. The molecular weight excluding hydrogens is 226 g/mol. The van der Waals surface area contributed by atoms with Gasteiger partial charge in [-0.1, -0.05) is 19.4 Å². The van der Waals surface area contributed by atoms with Crippen LogP contribution in [0.2, 0.25) is 0 Å². The maximum atomic E-state index is 11.8. The normalized spacial score (nSPS) is 10.3. The van der Waals surface area contributed by atoms with Gasteiger partial charge in [-0.05, 0) is 36.8 Å². The van der Waals surface area contributed by atoms with Crippen LogP contribution in [0, 0.1) is 0 Å². The van der Waals surface area contributed by atoms with E-state index in [1.807, 2.05) is 47.3 Å². The second-order valence-electron chi connectivity index (χ2n) is 4.13. The Labute approximate surface area is 107 Å². The molecule has 0 aliphatic carbocycles. The molecule has 0 aliphatic heterocycles. The fraction of sp³-hybridized carbons (Fsp3) is 0.267. The van der Waals surface area contributed by atoms with Gasteiger partial charge in [-0.15, -0.1) is 0 Å². The molecule has 0 saturated heterocycles. The number of hydrogen-bond donors (Lipinski definition) is 0. The lowest BCUT2D eigenvalue weighted by Crippen LogP contribution is -2.06. The summed E-state index contributed by atoms with van der Waals surface area (Å²) in [5, 5.41) is 0. The molecule has 0 saturated carbocycles. The highest BCUT2D eigenvalue weighted by Gasteiger charge is 2.07. The second-order valence-corrected chi connectivity index (χ2v) is 4.13. The summed E-state index contributed by atoms with van der Waals surface area (Å²) in [6.07, 6.45) is 5.82. The summed E-state index contributed by atoms with van der Waals surface area (Å²) < 4.78 is 7.15. The molecule has 0 radical (unpaired) electrons. The monoisotopic (exact) mass is 243 g/mol. The fourth-order valence-corrected chi connectivity index (χ4v) is 1.69. The number of carbonyl (C=O) groups excluding carboxylic acids is 1. The minimum atomic E-state index is -0.252. The second kappa shape index (κ2) is 6.05. The van der Waals surface area contributed by atoms with E-state index in [1.54, 1.807) is 6.07 Å². The molecule has 1 heterocycles. The molecule has 0 atom stereocenters. The Morgan fingerprint density at radius 3 is 2.72 bits per heavy atom. The zero-order chi connectivity index (χ0) is 12.8. The average Bonchev–Trinajstić information content (AvgIpc) is 2.93. The van der Waals surface area contributed by atoms with Crippen LogP contribution in [0.1, 0.15) is 30.1 Å². The van der Waals surface area contributed by atoms with Gasteiger partial charge in [-0.25, -0.2) is 4.79 Å². The molecule has 1 aromatic heterocycles. The lowest BCUT2D eigenvalue weighted by atomic mass is 10.2. The van der Waals surface area contributed by atoms with E-state index in [4.69, 9.17) is 4.74 Å². The molecule has 2 rings (SSSR count). The summed E-state index contributed by atoms with van der Waals surface area (Å²) in [5.74, 6) is -0.252. The number of benzene rings is 1. The molecule has 3 heteroatoms. The van der Waals surface area contributed by atoms with Crippen LogP contribution < -0.4 is 0 Å². The van der Waals surface area contributed by atoms with Gasteiger partial charge in [-0.2, -0.15) is 0 Å². The van der Waals surface area contributed by atoms with Crippen LogP contribution in [-0.4, -0.2) is 17.1 Å². The summed E-state index contributed by atoms with van der Waals surface area (Å²) in [6, 6.07) is 11.3. The predicted molar refractivity (Wildman–Crippen MR) is 71.0 cm³/mol. The number of hydrogen-bond acceptors (Lipinski definition) is 2. The summed E-state index contributed by atoms with van der Waals surface area (Å²) in [4.78, 5) is 11.8. The lowest BCUT2D eigenvalue weighted by Gasteiger charge is -2.07. The molecular formula is C15H17NO2. The zero-order valence-corrected chi connectivity index (χ0v) is 10.5. The third kappa shape index (κ3) is 3.00. The smallest absolute Gasteiger partial charge is 0.338 e. The standard InChI is InChI=1S/C15H17NO2/c1-2-3-11-18-15(17)13-7-6-8-14(12-13)16-9-4-5-10-16/h4-10,12H,2-3,11H2,1H3. The largest absolute Gasteiger partial charge is 0.462 e. The SMILES string of the molecule is CCCCOC(=O)c1cccc(-n2cccc2)c1. The van der Waals surface area contributed by atoms with Crippen LogP contribution in [0.3, 0.4) is 0 Å². The molecule has 0 N–H and O–H groups in total. The van der Waals surface area contributed by atoms with E-state index in [0.717, 1.165) is 18.5 Å². The van der Waals surface area contributed by atoms with Crippen molar-refractivity contribution in [2.45, 2.75) is 19.8 Å². The number of rotatable bonds is 5. The van der Waals surface area contributed by atoms with Crippen LogP contribution in [0.25, 0.3) is 5.69 Å². The molecule has 0 unspecified atom stereocenters. The van der Waals surface area contributed by atoms with Crippen molar-refractivity contribution in [3.8, 4) is 5.69 Å². The van der Waals surface area contributed by atoms with Gasteiger partial charge in [0.1, 0.15) is 0 Å². The fourth-order valence-electron chi connectivity index (χ4n) is 1.69. The number of carbonyl (C=O) groups is 1. The first-order chi connectivity index (χ1) is 8.81. The minimum absolute atomic E-state index is 0.252. The van der Waals surface area contributed by atoms with E-state index in [-0.39, 0.29) is 5.97 Å².